The van der Waals surface area contributed by atoms with E-state index in [0.717, 1.165) is 17.7 Å². The fourth-order valence-electron chi connectivity index (χ4n) is 1.85. The molecule has 2 rings (SSSR count). The molecule has 2 nitrogen and oxygen atoms in total. The average Bonchev–Trinajstić information content (AvgIpc) is 2.28. The maximum atomic E-state index is 12.0. The van der Waals surface area contributed by atoms with Gasteiger partial charge in [-0.15, -0.1) is 11.8 Å². The molecule has 0 fully saturated rings. The van der Waals surface area contributed by atoms with Gasteiger partial charge in [0.1, 0.15) is 0 Å². The summed E-state index contributed by atoms with van der Waals surface area (Å²) in [5.74, 6) is 1.02. The Morgan fingerprint density at radius 1 is 1.56 bits per heavy atom. The van der Waals surface area contributed by atoms with E-state index < -0.39 is 4.32 Å². The molecule has 5 heteroatoms. The summed E-state index contributed by atoms with van der Waals surface area (Å²) in [4.78, 5) is 13.2. The normalized spacial score (nSPS) is 19.2. The van der Waals surface area contributed by atoms with Crippen LogP contribution in [0.1, 0.15) is 31.9 Å². The zero-order valence-corrected chi connectivity index (χ0v) is 13.5. The Morgan fingerprint density at radius 2 is 2.28 bits per heavy atom. The highest BCUT2D eigenvalue weighted by atomic mass is 79.9. The van der Waals surface area contributed by atoms with Crippen LogP contribution in [0, 0.1) is 0 Å². The molecular weight excluding hydrogens is 334 g/mol. The van der Waals surface area contributed by atoms with Crippen LogP contribution in [0.4, 0.5) is 0 Å². The Morgan fingerprint density at radius 3 is 2.94 bits per heavy atom. The molecule has 1 aromatic rings. The molecule has 0 saturated carbocycles. The first-order valence-electron chi connectivity index (χ1n) is 5.80. The lowest BCUT2D eigenvalue weighted by Crippen LogP contribution is -2.40. The summed E-state index contributed by atoms with van der Waals surface area (Å²) < 4.78 is -0.545. The van der Waals surface area contributed by atoms with E-state index in [1.165, 1.54) is 4.90 Å². The number of thioether (sulfide) groups is 1. The van der Waals surface area contributed by atoms with Crippen molar-refractivity contribution in [1.29, 1.82) is 0 Å². The van der Waals surface area contributed by atoms with Crippen LogP contribution >= 0.6 is 39.3 Å². The quantitative estimate of drug-likeness (QED) is 0.813. The van der Waals surface area contributed by atoms with Gasteiger partial charge in [0.2, 0.25) is 5.91 Å². The highest BCUT2D eigenvalue weighted by Crippen LogP contribution is 2.37. The van der Waals surface area contributed by atoms with Gasteiger partial charge in [-0.05, 0) is 44.0 Å². The van der Waals surface area contributed by atoms with Crippen LogP contribution in [0.15, 0.2) is 23.1 Å². The number of amides is 1. The van der Waals surface area contributed by atoms with Crippen LogP contribution in [-0.2, 0) is 4.79 Å². The Bertz CT molecular complexity index is 473. The molecule has 0 spiro atoms. The third-order valence-electron chi connectivity index (χ3n) is 2.86. The second-order valence-electron chi connectivity index (χ2n) is 4.82. The van der Waals surface area contributed by atoms with Gasteiger partial charge in [-0.1, -0.05) is 27.5 Å². The highest BCUT2D eigenvalue weighted by Gasteiger charge is 2.29. The molecule has 1 aliphatic rings. The van der Waals surface area contributed by atoms with E-state index in [2.05, 4.69) is 21.2 Å². The van der Waals surface area contributed by atoms with Crippen LogP contribution in [0.3, 0.4) is 0 Å². The molecule has 1 aromatic carbocycles. The second kappa shape index (κ2) is 5.43. The maximum absolute atomic E-state index is 12.0. The average molecular weight is 349 g/mol. The van der Waals surface area contributed by atoms with E-state index in [-0.39, 0.29) is 11.9 Å². The van der Waals surface area contributed by atoms with Crippen molar-refractivity contribution in [1.82, 2.24) is 5.32 Å². The molecule has 1 aliphatic heterocycles. The summed E-state index contributed by atoms with van der Waals surface area (Å²) in [5.41, 5.74) is 1.13. The smallest absolute Gasteiger partial charge is 0.236 e. The Labute approximate surface area is 125 Å². The molecule has 0 saturated heterocycles. The zero-order valence-electron chi connectivity index (χ0n) is 10.3. The molecule has 18 heavy (non-hydrogen) atoms. The lowest BCUT2D eigenvalue weighted by molar-refractivity contribution is -0.123. The predicted molar refractivity (Wildman–Crippen MR) is 80.7 cm³/mol. The lowest BCUT2D eigenvalue weighted by atomic mass is 10.0. The zero-order chi connectivity index (χ0) is 13.3. The molecule has 0 aliphatic carbocycles. The summed E-state index contributed by atoms with van der Waals surface area (Å²) >= 11 is 11.2. The number of alkyl halides is 1. The minimum atomic E-state index is -0.545. The monoisotopic (exact) mass is 347 g/mol. The van der Waals surface area contributed by atoms with Crippen molar-refractivity contribution in [2.24, 2.45) is 0 Å². The van der Waals surface area contributed by atoms with Crippen LogP contribution < -0.4 is 5.32 Å². The highest BCUT2D eigenvalue weighted by molar-refractivity contribution is 9.10. The summed E-state index contributed by atoms with van der Waals surface area (Å²) in [7, 11) is 0. The molecular formula is C13H15BrClNOS. The summed E-state index contributed by atoms with van der Waals surface area (Å²) in [6, 6.07) is 5.94. The van der Waals surface area contributed by atoms with Gasteiger partial charge in [0.15, 0.2) is 0 Å². The van der Waals surface area contributed by atoms with E-state index in [1.54, 1.807) is 0 Å². The van der Waals surface area contributed by atoms with E-state index in [9.17, 15) is 4.79 Å². The Hall–Kier alpha value is -0.190. The van der Waals surface area contributed by atoms with Crippen molar-refractivity contribution in [3.05, 3.63) is 28.8 Å². The van der Waals surface area contributed by atoms with Gasteiger partial charge in [0.25, 0.3) is 0 Å². The van der Waals surface area contributed by atoms with Gasteiger partial charge in [0, 0.05) is 15.7 Å². The molecule has 98 valence electrons. The van der Waals surface area contributed by atoms with Crippen molar-refractivity contribution < 1.29 is 4.79 Å². The molecule has 1 heterocycles. The molecule has 1 unspecified atom stereocenters. The summed E-state index contributed by atoms with van der Waals surface area (Å²) in [5, 5.41) is 3.80. The first-order chi connectivity index (χ1) is 8.38. The number of halogens is 2. The van der Waals surface area contributed by atoms with Crippen LogP contribution in [0.2, 0.25) is 5.02 Å². The van der Waals surface area contributed by atoms with Crippen molar-refractivity contribution in [3.8, 4) is 0 Å². The number of rotatable bonds is 2. The largest absolute Gasteiger partial charge is 0.348 e. The predicted octanol–water partition coefficient (Wildman–Crippen LogP) is 4.17. The summed E-state index contributed by atoms with van der Waals surface area (Å²) in [6.07, 6.45) is 0.937. The first-order valence-corrected chi connectivity index (χ1v) is 7.96. The summed E-state index contributed by atoms with van der Waals surface area (Å²) in [6.45, 7) is 3.69. The van der Waals surface area contributed by atoms with Gasteiger partial charge < -0.3 is 5.32 Å². The molecule has 1 amide bonds. The van der Waals surface area contributed by atoms with E-state index >= 15 is 0 Å². The topological polar surface area (TPSA) is 29.1 Å². The van der Waals surface area contributed by atoms with Crippen molar-refractivity contribution in [2.75, 3.05) is 5.75 Å². The number of hydrogen-bond acceptors (Lipinski definition) is 2. The van der Waals surface area contributed by atoms with Gasteiger partial charge in [-0.2, -0.15) is 0 Å². The minimum absolute atomic E-state index is 0.00493. The van der Waals surface area contributed by atoms with Crippen LogP contribution in [0.25, 0.3) is 0 Å². The Balaban J connectivity index is 2.22. The first kappa shape index (κ1) is 14.2. The van der Waals surface area contributed by atoms with Crippen LogP contribution in [0.5, 0.6) is 0 Å². The Kier molecular flexibility index (Phi) is 4.29. The fraction of sp³-hybridized carbons (Fsp3) is 0.462. The lowest BCUT2D eigenvalue weighted by Gasteiger charge is -2.28. The molecule has 0 radical (unpaired) electrons. The van der Waals surface area contributed by atoms with E-state index in [1.807, 2.05) is 43.8 Å². The minimum Gasteiger partial charge on any atom is -0.348 e. The van der Waals surface area contributed by atoms with Gasteiger partial charge in [-0.25, -0.2) is 0 Å². The van der Waals surface area contributed by atoms with Crippen LogP contribution in [-0.4, -0.2) is 16.0 Å². The van der Waals surface area contributed by atoms with Gasteiger partial charge >= 0.3 is 0 Å². The molecule has 1 N–H and O–H groups in total. The molecule has 0 aromatic heterocycles. The van der Waals surface area contributed by atoms with Gasteiger partial charge in [0.05, 0.1) is 10.4 Å². The van der Waals surface area contributed by atoms with Crippen molar-refractivity contribution >= 4 is 45.2 Å². The van der Waals surface area contributed by atoms with Crippen molar-refractivity contribution in [3.63, 3.8) is 0 Å². The van der Waals surface area contributed by atoms with E-state index in [0.29, 0.717) is 5.02 Å². The third kappa shape index (κ3) is 3.22. The fourth-order valence-corrected chi connectivity index (χ4v) is 3.25. The number of carbonyl (C=O) groups excluding carboxylic acids is 1. The van der Waals surface area contributed by atoms with Gasteiger partial charge in [-0.3, -0.25) is 4.79 Å². The number of benzene rings is 1. The second-order valence-corrected chi connectivity index (χ2v) is 8.37. The number of carbonyl (C=O) groups is 1. The molecule has 0 bridgehead atoms. The SMILES string of the molecule is CC(C)(Br)C(=O)NC1CCSc2ccc(Cl)cc21. The van der Waals surface area contributed by atoms with E-state index in [4.69, 9.17) is 11.6 Å². The van der Waals surface area contributed by atoms with Crippen molar-refractivity contribution in [2.45, 2.75) is 35.5 Å². The number of fused-ring (bicyclic) bond motifs is 1. The standard InChI is InChI=1S/C13H15BrClNOS/c1-13(2,14)12(17)16-10-5-6-18-11-4-3-8(15)7-9(10)11/h3-4,7,10H,5-6H2,1-2H3,(H,16,17). The number of hydrogen-bond donors (Lipinski definition) is 1. The third-order valence-corrected chi connectivity index (χ3v) is 4.57. The molecule has 1 atom stereocenters. The maximum Gasteiger partial charge on any atom is 0.236 e. The number of nitrogens with one attached hydrogen (secondary N) is 1.